The van der Waals surface area contributed by atoms with Crippen molar-refractivity contribution in [3.8, 4) is 0 Å². The molecule has 0 bridgehead atoms. The maximum absolute atomic E-state index is 11.9. The van der Waals surface area contributed by atoms with Crippen molar-refractivity contribution in [3.05, 3.63) is 48.5 Å². The number of aryl methyl sites for hydroxylation is 2. The molecule has 2 aromatic rings. The Morgan fingerprint density at radius 1 is 1.39 bits per heavy atom. The summed E-state index contributed by atoms with van der Waals surface area (Å²) >= 11 is 0. The van der Waals surface area contributed by atoms with Crippen LogP contribution in [0.15, 0.2) is 43.0 Å². The maximum Gasteiger partial charge on any atom is 0.292 e. The van der Waals surface area contributed by atoms with Gasteiger partial charge in [0.1, 0.15) is 12.4 Å². The van der Waals surface area contributed by atoms with Gasteiger partial charge in [-0.2, -0.15) is 5.06 Å². The Labute approximate surface area is 105 Å². The second-order valence-corrected chi connectivity index (χ2v) is 4.29. The predicted octanol–water partition coefficient (Wildman–Crippen LogP) is 1.04. The summed E-state index contributed by atoms with van der Waals surface area (Å²) in [5, 5.41) is 10.5. The Morgan fingerprint density at radius 2 is 2.06 bits per heavy atom. The summed E-state index contributed by atoms with van der Waals surface area (Å²) in [5.74, 6) is -0.380. The highest BCUT2D eigenvalue weighted by molar-refractivity contribution is 5.90. The van der Waals surface area contributed by atoms with Gasteiger partial charge in [-0.25, -0.2) is 9.13 Å². The molecular formula is C13H16N3O2+. The van der Waals surface area contributed by atoms with E-state index >= 15 is 0 Å². The molecule has 1 aromatic carbocycles. The van der Waals surface area contributed by atoms with Crippen LogP contribution >= 0.6 is 0 Å². The minimum atomic E-state index is -0.380. The number of nitrogens with zero attached hydrogens (tertiary/aromatic N) is 3. The third-order valence-corrected chi connectivity index (χ3v) is 2.66. The van der Waals surface area contributed by atoms with Crippen molar-refractivity contribution in [2.24, 2.45) is 7.05 Å². The van der Waals surface area contributed by atoms with E-state index in [1.165, 1.54) is 0 Å². The number of hydrogen-bond donors (Lipinski definition) is 1. The first-order chi connectivity index (χ1) is 8.56. The van der Waals surface area contributed by atoms with E-state index in [0.29, 0.717) is 10.8 Å². The van der Waals surface area contributed by atoms with Crippen LogP contribution in [-0.4, -0.2) is 15.7 Å². The normalized spacial score (nSPS) is 10.4. The molecule has 0 fully saturated rings. The summed E-state index contributed by atoms with van der Waals surface area (Å²) in [4.78, 5) is 11.9. The number of hydrogen-bond acceptors (Lipinski definition) is 2. The van der Waals surface area contributed by atoms with Gasteiger partial charge in [0.25, 0.3) is 5.91 Å². The van der Waals surface area contributed by atoms with E-state index in [9.17, 15) is 10.0 Å². The molecule has 0 radical (unpaired) electrons. The molecule has 0 aliphatic carbocycles. The lowest BCUT2D eigenvalue weighted by molar-refractivity contribution is -0.671. The van der Waals surface area contributed by atoms with Crippen molar-refractivity contribution < 1.29 is 14.6 Å². The van der Waals surface area contributed by atoms with Crippen LogP contribution in [0, 0.1) is 6.92 Å². The number of hydroxylamine groups is 1. The van der Waals surface area contributed by atoms with Gasteiger partial charge < -0.3 is 0 Å². The summed E-state index contributed by atoms with van der Waals surface area (Å²) in [6, 6.07) is 7.12. The van der Waals surface area contributed by atoms with Crippen LogP contribution in [0.2, 0.25) is 0 Å². The molecule has 94 valence electrons. The summed E-state index contributed by atoms with van der Waals surface area (Å²) in [6.07, 6.45) is 5.39. The molecule has 0 aliphatic heterocycles. The van der Waals surface area contributed by atoms with Crippen molar-refractivity contribution in [1.82, 2.24) is 4.57 Å². The molecule has 0 saturated heterocycles. The van der Waals surface area contributed by atoms with Gasteiger partial charge in [0, 0.05) is 0 Å². The lowest BCUT2D eigenvalue weighted by Gasteiger charge is -2.13. The standard InChI is InChI=1S/C13H16N3O2/c1-11-3-5-12(6-4-11)16(18)13(17)9-15-8-7-14(2)10-15/h3-8,10,18H,9H2,1-2H3/q+1. The highest BCUT2D eigenvalue weighted by atomic mass is 16.5. The van der Waals surface area contributed by atoms with E-state index in [1.54, 1.807) is 29.2 Å². The Balaban J connectivity index is 2.07. The fraction of sp³-hybridized carbons (Fsp3) is 0.231. The van der Waals surface area contributed by atoms with Crippen molar-refractivity contribution in [2.75, 3.05) is 5.06 Å². The molecule has 5 heteroatoms. The molecule has 0 aliphatic rings. The smallest absolute Gasteiger partial charge is 0.281 e. The van der Waals surface area contributed by atoms with Crippen LogP contribution in [0.4, 0.5) is 5.69 Å². The molecule has 18 heavy (non-hydrogen) atoms. The van der Waals surface area contributed by atoms with Gasteiger partial charge in [0.2, 0.25) is 6.33 Å². The molecule has 5 nitrogen and oxygen atoms in total. The highest BCUT2D eigenvalue weighted by Crippen LogP contribution is 2.13. The summed E-state index contributed by atoms with van der Waals surface area (Å²) in [7, 11) is 1.87. The molecule has 1 heterocycles. The average Bonchev–Trinajstić information content (AvgIpc) is 2.75. The van der Waals surface area contributed by atoms with Crippen LogP contribution in [-0.2, 0) is 18.4 Å². The minimum absolute atomic E-state index is 0.102. The molecule has 0 unspecified atom stereocenters. The zero-order valence-electron chi connectivity index (χ0n) is 10.4. The predicted molar refractivity (Wildman–Crippen MR) is 66.1 cm³/mol. The maximum atomic E-state index is 11.9. The van der Waals surface area contributed by atoms with Gasteiger partial charge in [0.05, 0.1) is 12.7 Å². The Hall–Kier alpha value is -2.14. The van der Waals surface area contributed by atoms with Crippen LogP contribution in [0.3, 0.4) is 0 Å². The van der Waals surface area contributed by atoms with Gasteiger partial charge in [0.15, 0.2) is 6.54 Å². The molecule has 1 amide bonds. The summed E-state index contributed by atoms with van der Waals surface area (Å²) in [6.45, 7) is 2.05. The fourth-order valence-corrected chi connectivity index (χ4v) is 1.65. The first-order valence-electron chi connectivity index (χ1n) is 5.66. The van der Waals surface area contributed by atoms with Gasteiger partial charge in [-0.3, -0.25) is 10.0 Å². The average molecular weight is 246 g/mol. The highest BCUT2D eigenvalue weighted by Gasteiger charge is 2.16. The molecule has 1 N–H and O–H groups in total. The minimum Gasteiger partial charge on any atom is -0.281 e. The zero-order valence-corrected chi connectivity index (χ0v) is 10.4. The van der Waals surface area contributed by atoms with Crippen LogP contribution in [0.25, 0.3) is 0 Å². The third-order valence-electron chi connectivity index (χ3n) is 2.66. The first-order valence-corrected chi connectivity index (χ1v) is 5.66. The topological polar surface area (TPSA) is 49.4 Å². The monoisotopic (exact) mass is 246 g/mol. The Kier molecular flexibility index (Phi) is 3.43. The number of rotatable bonds is 3. The molecule has 1 aromatic heterocycles. The quantitative estimate of drug-likeness (QED) is 0.500. The number of benzene rings is 1. The van der Waals surface area contributed by atoms with Crippen LogP contribution in [0.5, 0.6) is 0 Å². The zero-order chi connectivity index (χ0) is 13.1. The van der Waals surface area contributed by atoms with Crippen molar-refractivity contribution in [3.63, 3.8) is 0 Å². The SMILES string of the molecule is Cc1ccc(N(O)C(=O)Cn2cc[n+](C)c2)cc1. The van der Waals surface area contributed by atoms with Crippen molar-refractivity contribution in [2.45, 2.75) is 13.5 Å². The number of aromatic nitrogens is 2. The number of anilines is 1. The van der Waals surface area contributed by atoms with Crippen molar-refractivity contribution >= 4 is 11.6 Å². The van der Waals surface area contributed by atoms with E-state index in [4.69, 9.17) is 0 Å². The van der Waals surface area contributed by atoms with E-state index < -0.39 is 0 Å². The van der Waals surface area contributed by atoms with Gasteiger partial charge >= 0.3 is 0 Å². The summed E-state index contributed by atoms with van der Waals surface area (Å²) < 4.78 is 3.54. The van der Waals surface area contributed by atoms with Gasteiger partial charge in [-0.15, -0.1) is 0 Å². The molecule has 0 spiro atoms. The fourth-order valence-electron chi connectivity index (χ4n) is 1.65. The molecule has 0 saturated carbocycles. The number of amides is 1. The third kappa shape index (κ3) is 2.75. The van der Waals surface area contributed by atoms with Crippen LogP contribution < -0.4 is 9.63 Å². The lowest BCUT2D eigenvalue weighted by Crippen LogP contribution is -2.31. The van der Waals surface area contributed by atoms with Gasteiger partial charge in [-0.1, -0.05) is 17.7 Å². The van der Waals surface area contributed by atoms with Gasteiger partial charge in [-0.05, 0) is 19.1 Å². The van der Waals surface area contributed by atoms with Crippen LogP contribution in [0.1, 0.15) is 5.56 Å². The second-order valence-electron chi connectivity index (χ2n) is 4.29. The molecule has 0 atom stereocenters. The Morgan fingerprint density at radius 3 is 2.61 bits per heavy atom. The molecule has 2 rings (SSSR count). The number of carbonyl (C=O) groups excluding carboxylic acids is 1. The number of carbonyl (C=O) groups is 1. The largest absolute Gasteiger partial charge is 0.292 e. The summed E-state index contributed by atoms with van der Waals surface area (Å²) in [5.41, 5.74) is 1.55. The lowest BCUT2D eigenvalue weighted by atomic mass is 10.2. The van der Waals surface area contributed by atoms with E-state index in [-0.39, 0.29) is 12.5 Å². The first kappa shape index (κ1) is 12.3. The van der Waals surface area contributed by atoms with E-state index in [0.717, 1.165) is 5.56 Å². The number of imidazole rings is 1. The van der Waals surface area contributed by atoms with Crippen molar-refractivity contribution in [1.29, 1.82) is 0 Å². The Bertz CT molecular complexity index is 546. The van der Waals surface area contributed by atoms with E-state index in [1.807, 2.05) is 36.9 Å². The second kappa shape index (κ2) is 5.01. The van der Waals surface area contributed by atoms with E-state index in [2.05, 4.69) is 0 Å². The molecular weight excluding hydrogens is 230 g/mol.